The first-order chi connectivity index (χ1) is 10.2. The van der Waals surface area contributed by atoms with Crippen molar-refractivity contribution in [3.8, 4) is 0 Å². The number of benzene rings is 2. The van der Waals surface area contributed by atoms with Crippen molar-refractivity contribution in [1.82, 2.24) is 0 Å². The second kappa shape index (κ2) is 7.00. The Balaban J connectivity index is 2.13. The van der Waals surface area contributed by atoms with Crippen LogP contribution in [0.3, 0.4) is 0 Å². The van der Waals surface area contributed by atoms with Gasteiger partial charge in [-0.25, -0.2) is 14.4 Å². The molecule has 1 radical (unpaired) electrons. The summed E-state index contributed by atoms with van der Waals surface area (Å²) in [5, 5.41) is 0. The Hall–Kier alpha value is -2.95. The number of ether oxygens (including phenoxy) is 2. The molecule has 0 aromatic heterocycles. The number of esters is 2. The molecule has 0 fully saturated rings. The van der Waals surface area contributed by atoms with Gasteiger partial charge in [-0.2, -0.15) is 0 Å². The molecule has 0 heterocycles. The van der Waals surface area contributed by atoms with Crippen LogP contribution in [0.2, 0.25) is 0 Å². The highest BCUT2D eigenvalue weighted by Gasteiger charge is 2.26. The molecular formula is C16H11O5. The van der Waals surface area contributed by atoms with Gasteiger partial charge in [-0.15, -0.1) is 0 Å². The smallest absolute Gasteiger partial charge is 0.418 e. The van der Waals surface area contributed by atoms with E-state index in [0.29, 0.717) is 5.56 Å². The Morgan fingerprint density at radius 2 is 1.48 bits per heavy atom. The van der Waals surface area contributed by atoms with Gasteiger partial charge in [0.2, 0.25) is 6.10 Å². The maximum absolute atomic E-state index is 12.0. The first kappa shape index (κ1) is 14.5. The highest BCUT2D eigenvalue weighted by Crippen LogP contribution is 2.18. The first-order valence-corrected chi connectivity index (χ1v) is 6.11. The summed E-state index contributed by atoms with van der Waals surface area (Å²) in [6, 6.07) is 16.3. The summed E-state index contributed by atoms with van der Waals surface area (Å²) in [4.78, 5) is 34.2. The molecule has 0 saturated heterocycles. The summed E-state index contributed by atoms with van der Waals surface area (Å²) in [5.74, 6) is -1.78. The van der Waals surface area contributed by atoms with Gasteiger partial charge in [-0.1, -0.05) is 48.5 Å². The molecule has 2 aromatic rings. The molecule has 5 nitrogen and oxygen atoms in total. The van der Waals surface area contributed by atoms with Crippen molar-refractivity contribution < 1.29 is 23.9 Å². The molecule has 0 aliphatic rings. The molecule has 1 unspecified atom stereocenters. The predicted octanol–water partition coefficient (Wildman–Crippen LogP) is 2.20. The van der Waals surface area contributed by atoms with E-state index >= 15 is 0 Å². The van der Waals surface area contributed by atoms with E-state index in [1.807, 2.05) is 0 Å². The molecule has 1 atom stereocenters. The fourth-order valence-corrected chi connectivity index (χ4v) is 1.71. The zero-order valence-corrected chi connectivity index (χ0v) is 10.9. The fraction of sp³-hybridized carbons (Fsp3) is 0.0625. The maximum Gasteiger partial charge on any atom is 0.418 e. The Morgan fingerprint density at radius 3 is 2.05 bits per heavy atom. The van der Waals surface area contributed by atoms with Crippen molar-refractivity contribution in [2.45, 2.75) is 6.10 Å². The van der Waals surface area contributed by atoms with E-state index in [1.54, 1.807) is 48.5 Å². The van der Waals surface area contributed by atoms with Gasteiger partial charge in [0, 0.05) is 5.56 Å². The Morgan fingerprint density at radius 1 is 0.905 bits per heavy atom. The van der Waals surface area contributed by atoms with E-state index in [0.717, 1.165) is 0 Å². The number of carbonyl (C=O) groups excluding carboxylic acids is 3. The van der Waals surface area contributed by atoms with E-state index in [4.69, 9.17) is 4.74 Å². The van der Waals surface area contributed by atoms with Crippen LogP contribution >= 0.6 is 0 Å². The van der Waals surface area contributed by atoms with Crippen molar-refractivity contribution in [3.63, 3.8) is 0 Å². The number of hydrogen-bond donors (Lipinski definition) is 0. The Kier molecular flexibility index (Phi) is 4.82. The zero-order valence-electron chi connectivity index (χ0n) is 10.9. The lowest BCUT2D eigenvalue weighted by atomic mass is 10.1. The Labute approximate surface area is 121 Å². The van der Waals surface area contributed by atoms with Gasteiger partial charge in [0.25, 0.3) is 0 Å². The van der Waals surface area contributed by atoms with Crippen LogP contribution in [0.1, 0.15) is 22.0 Å². The molecule has 0 aliphatic heterocycles. The number of rotatable bonds is 5. The van der Waals surface area contributed by atoms with Crippen LogP contribution in [0.25, 0.3) is 0 Å². The minimum Gasteiger partial charge on any atom is -0.437 e. The van der Waals surface area contributed by atoms with Crippen LogP contribution in [-0.2, 0) is 19.1 Å². The average molecular weight is 283 g/mol. The topological polar surface area (TPSA) is 69.7 Å². The zero-order chi connectivity index (χ0) is 15.1. The third-order valence-corrected chi connectivity index (χ3v) is 2.69. The summed E-state index contributed by atoms with van der Waals surface area (Å²) >= 11 is 0. The van der Waals surface area contributed by atoms with Crippen LogP contribution in [0.4, 0.5) is 0 Å². The number of carbonyl (C=O) groups is 2. The van der Waals surface area contributed by atoms with Crippen molar-refractivity contribution in [3.05, 3.63) is 71.8 Å². The van der Waals surface area contributed by atoms with Crippen molar-refractivity contribution in [2.24, 2.45) is 0 Å². The summed E-state index contributed by atoms with van der Waals surface area (Å²) in [6.07, 6.45) is -1.32. The van der Waals surface area contributed by atoms with Crippen LogP contribution < -0.4 is 0 Å². The summed E-state index contributed by atoms with van der Waals surface area (Å²) in [6.45, 7) is 1.20. The molecular weight excluding hydrogens is 272 g/mol. The molecule has 0 saturated carbocycles. The van der Waals surface area contributed by atoms with Gasteiger partial charge in [0.05, 0.1) is 5.56 Å². The lowest BCUT2D eigenvalue weighted by molar-refractivity contribution is -0.147. The van der Waals surface area contributed by atoms with Gasteiger partial charge in [-0.05, 0) is 12.1 Å². The van der Waals surface area contributed by atoms with Crippen molar-refractivity contribution >= 4 is 18.4 Å². The highest BCUT2D eigenvalue weighted by molar-refractivity contribution is 5.98. The molecule has 0 N–H and O–H groups in total. The van der Waals surface area contributed by atoms with Gasteiger partial charge < -0.3 is 9.47 Å². The van der Waals surface area contributed by atoms with Gasteiger partial charge in [0.15, 0.2) is 0 Å². The van der Waals surface area contributed by atoms with Crippen molar-refractivity contribution in [2.75, 3.05) is 0 Å². The molecule has 5 heteroatoms. The third kappa shape index (κ3) is 3.76. The van der Waals surface area contributed by atoms with E-state index in [2.05, 4.69) is 4.74 Å². The monoisotopic (exact) mass is 283 g/mol. The Bertz CT molecular complexity index is 622. The van der Waals surface area contributed by atoms with E-state index in [-0.39, 0.29) is 5.56 Å². The summed E-state index contributed by atoms with van der Waals surface area (Å²) < 4.78 is 9.32. The molecule has 0 amide bonds. The number of hydrogen-bond acceptors (Lipinski definition) is 5. The largest absolute Gasteiger partial charge is 0.437 e. The quantitative estimate of drug-likeness (QED) is 0.621. The van der Waals surface area contributed by atoms with E-state index in [1.165, 1.54) is 18.6 Å². The molecule has 0 aliphatic carbocycles. The first-order valence-electron chi connectivity index (χ1n) is 6.11. The fourth-order valence-electron chi connectivity index (χ4n) is 1.71. The van der Waals surface area contributed by atoms with Crippen molar-refractivity contribution in [1.29, 1.82) is 0 Å². The summed E-state index contributed by atoms with van der Waals surface area (Å²) in [7, 11) is 0. The van der Waals surface area contributed by atoms with Gasteiger partial charge in [0.1, 0.15) is 0 Å². The van der Waals surface area contributed by atoms with Crippen LogP contribution in [0.5, 0.6) is 0 Å². The van der Waals surface area contributed by atoms with E-state index in [9.17, 15) is 14.4 Å². The van der Waals surface area contributed by atoms with Crippen LogP contribution in [-0.4, -0.2) is 18.4 Å². The lowest BCUT2D eigenvalue weighted by Gasteiger charge is -2.13. The molecule has 0 spiro atoms. The van der Waals surface area contributed by atoms with E-state index < -0.39 is 18.0 Å². The lowest BCUT2D eigenvalue weighted by Crippen LogP contribution is -2.22. The van der Waals surface area contributed by atoms with Crippen LogP contribution in [0.15, 0.2) is 60.7 Å². The summed E-state index contributed by atoms with van der Waals surface area (Å²) in [5.41, 5.74) is 0.624. The second-order valence-corrected chi connectivity index (χ2v) is 4.07. The minimum atomic E-state index is -1.32. The molecule has 105 valence electrons. The van der Waals surface area contributed by atoms with Gasteiger partial charge in [-0.3, -0.25) is 0 Å². The molecule has 2 rings (SSSR count). The average Bonchev–Trinajstić information content (AvgIpc) is 2.54. The van der Waals surface area contributed by atoms with Gasteiger partial charge >= 0.3 is 18.4 Å². The standard InChI is InChI=1S/C16H11O5/c17-11-20-14(12-7-3-1-4-8-12)16(19)21-15(18)13-9-5-2-6-10-13/h1-10,14H. The second-order valence-electron chi connectivity index (χ2n) is 4.07. The normalized spacial score (nSPS) is 11.2. The van der Waals surface area contributed by atoms with Crippen LogP contribution in [0, 0.1) is 0 Å². The molecule has 2 aromatic carbocycles. The molecule has 21 heavy (non-hydrogen) atoms. The molecule has 0 bridgehead atoms. The SMILES string of the molecule is O=[C]OC(C(=O)OC(=O)c1ccccc1)c1ccccc1. The third-order valence-electron chi connectivity index (χ3n) is 2.69. The predicted molar refractivity (Wildman–Crippen MR) is 72.8 cm³/mol. The highest BCUT2D eigenvalue weighted by atomic mass is 16.6. The minimum absolute atomic E-state index is 0.229. The maximum atomic E-state index is 12.0.